The molecule has 27 heavy (non-hydrogen) atoms. The van der Waals surface area contributed by atoms with Gasteiger partial charge in [0.05, 0.1) is 18.4 Å². The van der Waals surface area contributed by atoms with Crippen molar-refractivity contribution in [2.45, 2.75) is 44.9 Å². The number of piperidine rings is 1. The fourth-order valence-corrected chi connectivity index (χ4v) is 5.05. The third-order valence-corrected chi connectivity index (χ3v) is 6.45. The predicted molar refractivity (Wildman–Crippen MR) is 108 cm³/mol. The Labute approximate surface area is 163 Å². The van der Waals surface area contributed by atoms with Crippen LogP contribution in [0, 0.1) is 0 Å². The summed E-state index contributed by atoms with van der Waals surface area (Å²) in [6, 6.07) is 5.49. The second-order valence-electron chi connectivity index (χ2n) is 7.10. The average Bonchev–Trinajstić information content (AvgIpc) is 3.12. The fraction of sp³-hybridized carbons (Fsp3) is 0.429. The maximum atomic E-state index is 12.8. The number of benzene rings is 1. The van der Waals surface area contributed by atoms with Gasteiger partial charge in [0.2, 0.25) is 5.91 Å². The summed E-state index contributed by atoms with van der Waals surface area (Å²) in [5.41, 5.74) is 3.42. The normalized spacial score (nSPS) is 16.8. The molecule has 1 aromatic heterocycles. The molecule has 1 saturated heterocycles. The summed E-state index contributed by atoms with van der Waals surface area (Å²) in [7, 11) is 1.60. The first kappa shape index (κ1) is 18.0. The quantitative estimate of drug-likeness (QED) is 0.850. The molecule has 0 radical (unpaired) electrons. The molecule has 4 rings (SSSR count). The highest BCUT2D eigenvalue weighted by Crippen LogP contribution is 2.35. The van der Waals surface area contributed by atoms with Gasteiger partial charge in [-0.15, -0.1) is 11.3 Å². The summed E-state index contributed by atoms with van der Waals surface area (Å²) < 4.78 is 5.45. The Morgan fingerprint density at radius 3 is 2.78 bits per heavy atom. The third kappa shape index (κ3) is 3.58. The van der Waals surface area contributed by atoms with Crippen molar-refractivity contribution < 1.29 is 14.3 Å². The van der Waals surface area contributed by atoms with Crippen LogP contribution in [0.1, 0.15) is 52.9 Å². The number of amides is 2. The lowest BCUT2D eigenvalue weighted by Crippen LogP contribution is -2.35. The van der Waals surface area contributed by atoms with E-state index >= 15 is 0 Å². The lowest BCUT2D eigenvalue weighted by molar-refractivity contribution is -0.119. The Bertz CT molecular complexity index is 874. The second kappa shape index (κ2) is 7.72. The van der Waals surface area contributed by atoms with Gasteiger partial charge in [0, 0.05) is 28.9 Å². The van der Waals surface area contributed by atoms with Crippen LogP contribution in [0.25, 0.3) is 0 Å². The van der Waals surface area contributed by atoms with Gasteiger partial charge < -0.3 is 15.0 Å². The zero-order valence-electron chi connectivity index (χ0n) is 15.5. The highest BCUT2D eigenvalue weighted by Gasteiger charge is 2.24. The summed E-state index contributed by atoms with van der Waals surface area (Å²) >= 11 is 1.69. The van der Waals surface area contributed by atoms with Crippen LogP contribution < -0.4 is 15.0 Å². The molecule has 0 spiro atoms. The number of carbonyl (C=O) groups excluding carboxylic acids is 2. The van der Waals surface area contributed by atoms with E-state index in [1.165, 1.54) is 16.9 Å². The van der Waals surface area contributed by atoms with E-state index in [-0.39, 0.29) is 11.8 Å². The first-order valence-corrected chi connectivity index (χ1v) is 10.4. The van der Waals surface area contributed by atoms with Gasteiger partial charge in [-0.3, -0.25) is 9.59 Å². The summed E-state index contributed by atoms with van der Waals surface area (Å²) in [6.07, 6.45) is 6.88. The monoisotopic (exact) mass is 384 g/mol. The number of ether oxygens (including phenoxy) is 1. The molecule has 2 aromatic rings. The number of rotatable bonds is 4. The molecule has 2 amide bonds. The molecular formula is C21H24N2O3S. The Hall–Kier alpha value is -2.34. The van der Waals surface area contributed by atoms with Crippen LogP contribution >= 0.6 is 11.3 Å². The number of anilines is 2. The molecule has 2 heterocycles. The first-order valence-electron chi connectivity index (χ1n) is 9.56. The zero-order chi connectivity index (χ0) is 18.8. The van der Waals surface area contributed by atoms with E-state index in [4.69, 9.17) is 4.74 Å². The van der Waals surface area contributed by atoms with Crippen molar-refractivity contribution in [3.63, 3.8) is 0 Å². The SMILES string of the molecule is COc1ccc(NC(=O)c2csc3c2CCCC3)cc1N1CCCCC1=O. The lowest BCUT2D eigenvalue weighted by atomic mass is 9.95. The molecule has 5 nitrogen and oxygen atoms in total. The number of hydrogen-bond donors (Lipinski definition) is 1. The smallest absolute Gasteiger partial charge is 0.256 e. The first-order chi connectivity index (χ1) is 13.2. The molecule has 1 aliphatic carbocycles. The molecule has 1 fully saturated rings. The molecule has 0 bridgehead atoms. The standard InChI is InChI=1S/C21H24N2O3S/c1-26-18-10-9-14(12-17(18)23-11-5-4-8-20(23)24)22-21(25)16-13-27-19-7-3-2-6-15(16)19/h9-10,12-13H,2-8,11H2,1H3,(H,22,25). The molecule has 0 saturated carbocycles. The maximum Gasteiger partial charge on any atom is 0.256 e. The average molecular weight is 385 g/mol. The zero-order valence-corrected chi connectivity index (χ0v) is 16.4. The van der Waals surface area contributed by atoms with Gasteiger partial charge in [0.15, 0.2) is 0 Å². The molecular weight excluding hydrogens is 360 g/mol. The Balaban J connectivity index is 1.59. The van der Waals surface area contributed by atoms with Crippen molar-refractivity contribution in [2.24, 2.45) is 0 Å². The number of hydrogen-bond acceptors (Lipinski definition) is 4. The minimum atomic E-state index is -0.0736. The van der Waals surface area contributed by atoms with Gasteiger partial charge in [-0.1, -0.05) is 0 Å². The van der Waals surface area contributed by atoms with E-state index < -0.39 is 0 Å². The maximum absolute atomic E-state index is 12.8. The van der Waals surface area contributed by atoms with E-state index in [0.717, 1.165) is 43.4 Å². The summed E-state index contributed by atoms with van der Waals surface area (Å²) in [4.78, 5) is 28.3. The van der Waals surface area contributed by atoms with Gasteiger partial charge in [0.1, 0.15) is 5.75 Å². The Morgan fingerprint density at radius 2 is 1.96 bits per heavy atom. The second-order valence-corrected chi connectivity index (χ2v) is 8.07. The van der Waals surface area contributed by atoms with Gasteiger partial charge in [0.25, 0.3) is 5.91 Å². The van der Waals surface area contributed by atoms with Crippen molar-refractivity contribution in [1.29, 1.82) is 0 Å². The summed E-state index contributed by atoms with van der Waals surface area (Å²) in [5.74, 6) is 0.682. The highest BCUT2D eigenvalue weighted by molar-refractivity contribution is 7.10. The summed E-state index contributed by atoms with van der Waals surface area (Å²) in [6.45, 7) is 0.685. The van der Waals surface area contributed by atoms with Gasteiger partial charge in [-0.25, -0.2) is 0 Å². The van der Waals surface area contributed by atoms with Crippen molar-refractivity contribution in [3.8, 4) is 5.75 Å². The van der Waals surface area contributed by atoms with E-state index in [1.807, 2.05) is 23.6 Å². The number of methoxy groups -OCH3 is 1. The van der Waals surface area contributed by atoms with Crippen LogP contribution in [0.5, 0.6) is 5.75 Å². The van der Waals surface area contributed by atoms with Crippen LogP contribution in [0.4, 0.5) is 11.4 Å². The molecule has 1 N–H and O–H groups in total. The van der Waals surface area contributed by atoms with Crippen LogP contribution in [0.15, 0.2) is 23.6 Å². The lowest BCUT2D eigenvalue weighted by Gasteiger charge is -2.28. The van der Waals surface area contributed by atoms with Crippen LogP contribution in [-0.2, 0) is 17.6 Å². The summed E-state index contributed by atoms with van der Waals surface area (Å²) in [5, 5.41) is 4.99. The number of nitrogens with one attached hydrogen (secondary N) is 1. The topological polar surface area (TPSA) is 58.6 Å². The molecule has 1 aliphatic heterocycles. The Morgan fingerprint density at radius 1 is 1.15 bits per heavy atom. The number of thiophene rings is 1. The van der Waals surface area contributed by atoms with Crippen LogP contribution in [-0.4, -0.2) is 25.5 Å². The largest absolute Gasteiger partial charge is 0.495 e. The number of fused-ring (bicyclic) bond motifs is 1. The van der Waals surface area contributed by atoms with E-state index in [9.17, 15) is 9.59 Å². The third-order valence-electron chi connectivity index (χ3n) is 5.36. The molecule has 6 heteroatoms. The molecule has 0 atom stereocenters. The van der Waals surface area contributed by atoms with E-state index in [0.29, 0.717) is 24.4 Å². The van der Waals surface area contributed by atoms with Crippen molar-refractivity contribution in [1.82, 2.24) is 0 Å². The van der Waals surface area contributed by atoms with Crippen molar-refractivity contribution in [2.75, 3.05) is 23.9 Å². The molecule has 1 aromatic carbocycles. The van der Waals surface area contributed by atoms with Gasteiger partial charge in [-0.2, -0.15) is 0 Å². The number of carbonyl (C=O) groups is 2. The minimum Gasteiger partial charge on any atom is -0.495 e. The van der Waals surface area contributed by atoms with E-state index in [1.54, 1.807) is 23.3 Å². The molecule has 0 unspecified atom stereocenters. The molecule has 142 valence electrons. The van der Waals surface area contributed by atoms with Crippen molar-refractivity contribution >= 4 is 34.5 Å². The minimum absolute atomic E-state index is 0.0736. The number of nitrogens with zero attached hydrogens (tertiary/aromatic N) is 1. The van der Waals surface area contributed by atoms with Crippen LogP contribution in [0.2, 0.25) is 0 Å². The van der Waals surface area contributed by atoms with Crippen LogP contribution in [0.3, 0.4) is 0 Å². The highest BCUT2D eigenvalue weighted by atomic mass is 32.1. The van der Waals surface area contributed by atoms with Crippen molar-refractivity contribution in [3.05, 3.63) is 39.6 Å². The predicted octanol–water partition coefficient (Wildman–Crippen LogP) is 4.40. The number of aryl methyl sites for hydroxylation is 1. The van der Waals surface area contributed by atoms with E-state index in [2.05, 4.69) is 5.32 Å². The fourth-order valence-electron chi connectivity index (χ4n) is 3.92. The molecule has 2 aliphatic rings. The van der Waals surface area contributed by atoms with Gasteiger partial charge >= 0.3 is 0 Å². The van der Waals surface area contributed by atoms with Gasteiger partial charge in [-0.05, 0) is 62.3 Å². The Kier molecular flexibility index (Phi) is 5.16.